The molecule has 0 radical (unpaired) electrons. The van der Waals surface area contributed by atoms with Crippen LogP contribution in [0.3, 0.4) is 0 Å². The summed E-state index contributed by atoms with van der Waals surface area (Å²) in [5.74, 6) is 0. The Morgan fingerprint density at radius 3 is 2.38 bits per heavy atom. The summed E-state index contributed by atoms with van der Waals surface area (Å²) in [5.41, 5.74) is 1.14. The summed E-state index contributed by atoms with van der Waals surface area (Å²) < 4.78 is 11.7. The molecule has 1 atom stereocenters. The van der Waals surface area contributed by atoms with Crippen LogP contribution in [0.1, 0.15) is 25.3 Å². The van der Waals surface area contributed by atoms with E-state index in [1.54, 1.807) is 0 Å². The first-order valence-electron chi connectivity index (χ1n) is 5.49. The van der Waals surface area contributed by atoms with Crippen LogP contribution in [0.2, 0.25) is 0 Å². The van der Waals surface area contributed by atoms with Gasteiger partial charge in [-0.2, -0.15) is 0 Å². The zero-order chi connectivity index (χ0) is 11.1. The molecule has 0 amide bonds. The summed E-state index contributed by atoms with van der Waals surface area (Å²) in [7, 11) is -2.87. The van der Waals surface area contributed by atoms with Crippen LogP contribution in [0.5, 0.6) is 0 Å². The molecule has 0 saturated carbocycles. The van der Waals surface area contributed by atoms with Crippen LogP contribution in [0, 0.1) is 0 Å². The number of benzene rings is 1. The van der Waals surface area contributed by atoms with E-state index in [4.69, 9.17) is 0 Å². The summed E-state index contributed by atoms with van der Waals surface area (Å²) in [5, 5.41) is 0. The Morgan fingerprint density at radius 2 is 1.81 bits per heavy atom. The van der Waals surface area contributed by atoms with Gasteiger partial charge in [0.1, 0.15) is 0 Å². The minimum atomic E-state index is -2.87. The van der Waals surface area contributed by atoms with Crippen molar-refractivity contribution in [3.05, 3.63) is 35.9 Å². The van der Waals surface area contributed by atoms with Crippen LogP contribution in [-0.2, 0) is 28.1 Å². The van der Waals surface area contributed by atoms with Crippen LogP contribution >= 0.6 is 7.37 Å². The number of unbranched alkanes of at least 4 members (excludes halogenated alkanes) is 1. The van der Waals surface area contributed by atoms with Gasteiger partial charge < -0.3 is 4.89 Å². The molecule has 0 bridgehead atoms. The van der Waals surface area contributed by atoms with Crippen molar-refractivity contribution in [1.29, 1.82) is 0 Å². The Morgan fingerprint density at radius 1 is 1.19 bits per heavy atom. The predicted molar refractivity (Wildman–Crippen MR) is 64.6 cm³/mol. The van der Waals surface area contributed by atoms with Crippen molar-refractivity contribution in [2.45, 2.75) is 26.2 Å². The quantitative estimate of drug-likeness (QED) is 0.642. The molecule has 0 spiro atoms. The number of hydrogen-bond donors (Lipinski definition) is 1. The Kier molecular flexibility index (Phi) is 8.05. The molecule has 0 aliphatic carbocycles. The third-order valence-electron chi connectivity index (χ3n) is 2.45. The molecule has 1 N–H and O–H groups in total. The molecule has 92 valence electrons. The molecule has 1 aromatic rings. The van der Waals surface area contributed by atoms with Gasteiger partial charge in [0.15, 0.2) is 0 Å². The summed E-state index contributed by atoms with van der Waals surface area (Å²) in [6.07, 6.45) is 3.42. The van der Waals surface area contributed by atoms with Gasteiger partial charge in [0.25, 0.3) is 0 Å². The van der Waals surface area contributed by atoms with E-state index in [2.05, 4.69) is 0 Å². The molecule has 1 rings (SSSR count). The normalized spacial score (nSPS) is 13.9. The number of rotatable bonds is 6. The molecule has 0 fully saturated rings. The fraction of sp³-hybridized carbons (Fsp3) is 0.500. The summed E-state index contributed by atoms with van der Waals surface area (Å²) in [4.78, 5) is 9.66. The van der Waals surface area contributed by atoms with Gasteiger partial charge in [-0.1, -0.05) is 43.7 Å². The molecule has 0 saturated heterocycles. The van der Waals surface area contributed by atoms with E-state index in [-0.39, 0.29) is 17.1 Å². The fourth-order valence-electron chi connectivity index (χ4n) is 1.47. The monoisotopic (exact) mass is 282 g/mol. The van der Waals surface area contributed by atoms with Crippen molar-refractivity contribution in [2.75, 3.05) is 12.3 Å². The molecule has 16 heavy (non-hydrogen) atoms. The van der Waals surface area contributed by atoms with Crippen LogP contribution < -0.4 is 0 Å². The maximum absolute atomic E-state index is 11.7. The van der Waals surface area contributed by atoms with Gasteiger partial charge in [0, 0.05) is 29.4 Å². The van der Waals surface area contributed by atoms with Gasteiger partial charge in [-0.25, -0.2) is 0 Å². The predicted octanol–water partition coefficient (Wildman–Crippen LogP) is 3.30. The van der Waals surface area contributed by atoms with Crippen molar-refractivity contribution in [2.24, 2.45) is 0 Å². The first-order chi connectivity index (χ1) is 7.14. The van der Waals surface area contributed by atoms with Gasteiger partial charge in [-0.05, 0) is 18.4 Å². The zero-order valence-corrected chi connectivity index (χ0v) is 11.6. The second-order valence-electron chi connectivity index (χ2n) is 3.88. The largest absolute Gasteiger partial charge is 0.344 e. The van der Waals surface area contributed by atoms with Crippen LogP contribution in [-0.4, -0.2) is 17.2 Å². The van der Waals surface area contributed by atoms with Gasteiger partial charge in [0.2, 0.25) is 7.37 Å². The van der Waals surface area contributed by atoms with E-state index < -0.39 is 7.37 Å². The average Bonchev–Trinajstić information content (AvgIpc) is 2.25. The van der Waals surface area contributed by atoms with E-state index in [1.807, 2.05) is 37.3 Å². The van der Waals surface area contributed by atoms with Crippen LogP contribution in [0.4, 0.5) is 0 Å². The molecule has 0 aliphatic heterocycles. The molecule has 2 nitrogen and oxygen atoms in total. The second kappa shape index (κ2) is 8.08. The Labute approximate surface area is 108 Å². The van der Waals surface area contributed by atoms with Crippen molar-refractivity contribution < 1.29 is 26.5 Å². The summed E-state index contributed by atoms with van der Waals surface area (Å²) in [6, 6.07) is 9.88. The van der Waals surface area contributed by atoms with Gasteiger partial charge in [-0.3, -0.25) is 4.57 Å². The maximum atomic E-state index is 11.7. The van der Waals surface area contributed by atoms with Crippen molar-refractivity contribution >= 4 is 7.37 Å². The van der Waals surface area contributed by atoms with E-state index >= 15 is 0 Å². The SMILES string of the molecule is CCCCP(=O)(O)CCc1ccccc1.[Fe]. The van der Waals surface area contributed by atoms with Crippen molar-refractivity contribution in [1.82, 2.24) is 0 Å². The van der Waals surface area contributed by atoms with E-state index in [0.717, 1.165) is 18.4 Å². The Bertz CT molecular complexity index is 327. The molecule has 0 heterocycles. The van der Waals surface area contributed by atoms with Crippen molar-refractivity contribution in [3.8, 4) is 0 Å². The Hall–Kier alpha value is -0.0705. The molecule has 4 heteroatoms. The molecule has 0 aromatic heterocycles. The van der Waals surface area contributed by atoms with Gasteiger partial charge >= 0.3 is 0 Å². The summed E-state index contributed by atoms with van der Waals surface area (Å²) >= 11 is 0. The fourth-order valence-corrected chi connectivity index (χ4v) is 3.11. The standard InChI is InChI=1S/C12H19O2P.Fe/c1-2-3-10-15(13,14)11-9-12-7-5-4-6-8-12;/h4-8H,2-3,9-11H2,1H3,(H,13,14);. The average molecular weight is 282 g/mol. The van der Waals surface area contributed by atoms with E-state index in [0.29, 0.717) is 18.7 Å². The van der Waals surface area contributed by atoms with Gasteiger partial charge in [0.05, 0.1) is 0 Å². The topological polar surface area (TPSA) is 37.3 Å². The molecular weight excluding hydrogens is 263 g/mol. The maximum Gasteiger partial charge on any atom is 0.200 e. The molecule has 1 aromatic carbocycles. The molecule has 1 unspecified atom stereocenters. The van der Waals surface area contributed by atoms with E-state index in [1.165, 1.54) is 0 Å². The Balaban J connectivity index is 0.00000225. The first-order valence-corrected chi connectivity index (χ1v) is 7.52. The van der Waals surface area contributed by atoms with E-state index in [9.17, 15) is 9.46 Å². The number of aryl methyl sites for hydroxylation is 1. The number of hydrogen-bond acceptors (Lipinski definition) is 1. The van der Waals surface area contributed by atoms with Crippen LogP contribution in [0.15, 0.2) is 30.3 Å². The van der Waals surface area contributed by atoms with Gasteiger partial charge in [-0.15, -0.1) is 0 Å². The third-order valence-corrected chi connectivity index (χ3v) is 4.39. The minimum Gasteiger partial charge on any atom is -0.344 e. The smallest absolute Gasteiger partial charge is 0.200 e. The zero-order valence-electron chi connectivity index (χ0n) is 9.58. The van der Waals surface area contributed by atoms with Crippen LogP contribution in [0.25, 0.3) is 0 Å². The summed E-state index contributed by atoms with van der Waals surface area (Å²) in [6.45, 7) is 2.04. The van der Waals surface area contributed by atoms with Crippen molar-refractivity contribution in [3.63, 3.8) is 0 Å². The first kappa shape index (κ1) is 15.9. The molecule has 0 aliphatic rings. The molecular formula is C12H19FeO2P. The third kappa shape index (κ3) is 6.50. The second-order valence-corrected chi connectivity index (χ2v) is 6.47. The minimum absolute atomic E-state index is 0.